The highest BCUT2D eigenvalue weighted by molar-refractivity contribution is 6.39. The van der Waals surface area contributed by atoms with E-state index in [1.165, 1.54) is 0 Å². The minimum Gasteiger partial charge on any atom is -0.481 e. The minimum absolute atomic E-state index is 0.00790. The van der Waals surface area contributed by atoms with Crippen LogP contribution in [0, 0.1) is 5.92 Å². The first kappa shape index (κ1) is 15.1. The Labute approximate surface area is 127 Å². The molecule has 1 aromatic rings. The van der Waals surface area contributed by atoms with Crippen molar-refractivity contribution in [3.8, 4) is 0 Å². The summed E-state index contributed by atoms with van der Waals surface area (Å²) >= 11 is 12.1. The van der Waals surface area contributed by atoms with Gasteiger partial charge in [0.1, 0.15) is 0 Å². The van der Waals surface area contributed by atoms with Crippen LogP contribution >= 0.6 is 23.2 Å². The molecular formula is C14H15Cl2NO3. The van der Waals surface area contributed by atoms with Gasteiger partial charge >= 0.3 is 5.97 Å². The van der Waals surface area contributed by atoms with Crippen LogP contribution in [0.5, 0.6) is 0 Å². The molecular weight excluding hydrogens is 301 g/mol. The number of nitrogens with zero attached hydrogens (tertiary/aromatic N) is 1. The molecule has 2 rings (SSSR count). The Balaban J connectivity index is 2.14. The molecule has 1 aromatic carbocycles. The van der Waals surface area contributed by atoms with Crippen LogP contribution in [-0.4, -0.2) is 35.0 Å². The highest BCUT2D eigenvalue weighted by atomic mass is 35.5. The van der Waals surface area contributed by atoms with E-state index in [1.54, 1.807) is 23.1 Å². The summed E-state index contributed by atoms with van der Waals surface area (Å²) in [4.78, 5) is 24.9. The van der Waals surface area contributed by atoms with E-state index in [-0.39, 0.29) is 18.2 Å². The monoisotopic (exact) mass is 315 g/mol. The number of carboxylic acids is 1. The number of piperidine rings is 1. The van der Waals surface area contributed by atoms with Crippen molar-refractivity contribution in [1.29, 1.82) is 0 Å². The van der Waals surface area contributed by atoms with E-state index in [0.29, 0.717) is 28.7 Å². The third kappa shape index (κ3) is 3.44. The van der Waals surface area contributed by atoms with Gasteiger partial charge in [-0.3, -0.25) is 9.59 Å². The van der Waals surface area contributed by atoms with E-state index < -0.39 is 5.97 Å². The van der Waals surface area contributed by atoms with E-state index in [4.69, 9.17) is 28.3 Å². The van der Waals surface area contributed by atoms with Crippen LogP contribution in [0.1, 0.15) is 29.6 Å². The summed E-state index contributed by atoms with van der Waals surface area (Å²) in [5.74, 6) is -1.07. The van der Waals surface area contributed by atoms with Gasteiger partial charge in [-0.1, -0.05) is 29.3 Å². The van der Waals surface area contributed by atoms with Crippen molar-refractivity contribution < 1.29 is 14.7 Å². The van der Waals surface area contributed by atoms with Crippen molar-refractivity contribution in [2.45, 2.75) is 19.3 Å². The summed E-state index contributed by atoms with van der Waals surface area (Å²) < 4.78 is 0. The molecule has 0 saturated carbocycles. The van der Waals surface area contributed by atoms with Crippen LogP contribution in [0.25, 0.3) is 0 Å². The fourth-order valence-corrected chi connectivity index (χ4v) is 3.08. The van der Waals surface area contributed by atoms with Gasteiger partial charge in [-0.15, -0.1) is 0 Å². The van der Waals surface area contributed by atoms with Crippen molar-refractivity contribution in [1.82, 2.24) is 4.90 Å². The number of carbonyl (C=O) groups is 2. The average Bonchev–Trinajstić information content (AvgIpc) is 2.38. The van der Waals surface area contributed by atoms with Gasteiger partial charge in [0.15, 0.2) is 0 Å². The molecule has 0 aromatic heterocycles. The van der Waals surface area contributed by atoms with Crippen molar-refractivity contribution in [3.05, 3.63) is 33.8 Å². The molecule has 1 aliphatic rings. The number of carboxylic acid groups (broad SMARTS) is 1. The summed E-state index contributed by atoms with van der Waals surface area (Å²) in [6.45, 7) is 1.04. The van der Waals surface area contributed by atoms with E-state index in [1.807, 2.05) is 0 Å². The maximum Gasteiger partial charge on any atom is 0.303 e. The highest BCUT2D eigenvalue weighted by Crippen LogP contribution is 2.28. The second-order valence-corrected chi connectivity index (χ2v) is 5.77. The predicted octanol–water partition coefficient (Wildman–Crippen LogP) is 3.32. The maximum atomic E-state index is 12.5. The first-order valence-corrected chi connectivity index (χ1v) is 7.19. The molecule has 1 N–H and O–H groups in total. The number of rotatable bonds is 3. The topological polar surface area (TPSA) is 57.6 Å². The highest BCUT2D eigenvalue weighted by Gasteiger charge is 2.28. The zero-order valence-corrected chi connectivity index (χ0v) is 12.3. The molecule has 20 heavy (non-hydrogen) atoms. The minimum atomic E-state index is -0.833. The van der Waals surface area contributed by atoms with Gasteiger partial charge in [0.05, 0.1) is 15.6 Å². The number of halogens is 2. The van der Waals surface area contributed by atoms with Gasteiger partial charge in [-0.05, 0) is 30.9 Å². The van der Waals surface area contributed by atoms with Crippen LogP contribution in [0.15, 0.2) is 18.2 Å². The normalized spacial score (nSPS) is 18.9. The van der Waals surface area contributed by atoms with Crippen LogP contribution in [-0.2, 0) is 4.79 Å². The van der Waals surface area contributed by atoms with Gasteiger partial charge in [-0.2, -0.15) is 0 Å². The molecule has 1 fully saturated rings. The Bertz CT molecular complexity index is 513. The van der Waals surface area contributed by atoms with Crippen molar-refractivity contribution in [3.63, 3.8) is 0 Å². The van der Waals surface area contributed by atoms with Crippen molar-refractivity contribution >= 4 is 35.1 Å². The Morgan fingerprint density at radius 2 is 1.95 bits per heavy atom. The molecule has 6 heteroatoms. The summed E-state index contributed by atoms with van der Waals surface area (Å²) in [6.07, 6.45) is 1.71. The molecule has 1 aliphatic heterocycles. The zero-order chi connectivity index (χ0) is 14.7. The van der Waals surface area contributed by atoms with Crippen molar-refractivity contribution in [2.24, 2.45) is 5.92 Å². The second kappa shape index (κ2) is 6.46. The first-order valence-electron chi connectivity index (χ1n) is 6.44. The van der Waals surface area contributed by atoms with Crippen LogP contribution in [0.3, 0.4) is 0 Å². The van der Waals surface area contributed by atoms with Gasteiger partial charge in [0, 0.05) is 19.5 Å². The number of benzene rings is 1. The molecule has 1 heterocycles. The summed E-state index contributed by atoms with van der Waals surface area (Å²) in [7, 11) is 0. The van der Waals surface area contributed by atoms with Crippen molar-refractivity contribution in [2.75, 3.05) is 13.1 Å². The van der Waals surface area contributed by atoms with E-state index >= 15 is 0 Å². The van der Waals surface area contributed by atoms with Gasteiger partial charge in [0.2, 0.25) is 0 Å². The molecule has 1 atom stereocenters. The number of amides is 1. The van der Waals surface area contributed by atoms with Crippen LogP contribution in [0.2, 0.25) is 10.0 Å². The van der Waals surface area contributed by atoms with Gasteiger partial charge < -0.3 is 10.0 Å². The Morgan fingerprint density at radius 1 is 1.30 bits per heavy atom. The summed E-state index contributed by atoms with van der Waals surface area (Å²) in [6, 6.07) is 4.93. The van der Waals surface area contributed by atoms with E-state index in [0.717, 1.165) is 12.8 Å². The van der Waals surface area contributed by atoms with E-state index in [2.05, 4.69) is 0 Å². The molecule has 0 radical (unpaired) electrons. The Hall–Kier alpha value is -1.26. The number of aliphatic carboxylic acids is 1. The van der Waals surface area contributed by atoms with Crippen LogP contribution in [0.4, 0.5) is 0 Å². The lowest BCUT2D eigenvalue weighted by Gasteiger charge is -2.32. The molecule has 0 spiro atoms. The van der Waals surface area contributed by atoms with Gasteiger partial charge in [-0.25, -0.2) is 0 Å². The lowest BCUT2D eigenvalue weighted by molar-refractivity contribution is -0.138. The maximum absolute atomic E-state index is 12.5. The third-order valence-electron chi connectivity index (χ3n) is 3.45. The Morgan fingerprint density at radius 3 is 2.55 bits per heavy atom. The molecule has 0 aliphatic carbocycles. The molecule has 1 amide bonds. The number of hydrogen-bond acceptors (Lipinski definition) is 2. The lowest BCUT2D eigenvalue weighted by atomic mass is 9.94. The quantitative estimate of drug-likeness (QED) is 0.930. The SMILES string of the molecule is O=C(O)CC1CCCN(C(=O)c2c(Cl)cccc2Cl)C1. The Kier molecular flexibility index (Phi) is 4.89. The second-order valence-electron chi connectivity index (χ2n) is 4.95. The largest absolute Gasteiger partial charge is 0.481 e. The smallest absolute Gasteiger partial charge is 0.303 e. The fraction of sp³-hybridized carbons (Fsp3) is 0.429. The average molecular weight is 316 g/mol. The first-order chi connectivity index (χ1) is 9.49. The molecule has 0 bridgehead atoms. The fourth-order valence-electron chi connectivity index (χ4n) is 2.52. The number of hydrogen-bond donors (Lipinski definition) is 1. The summed E-state index contributed by atoms with van der Waals surface area (Å²) in [5.41, 5.74) is 0.298. The standard InChI is InChI=1S/C14H15Cl2NO3/c15-10-4-1-5-11(16)13(10)14(20)17-6-2-3-9(8-17)7-12(18)19/h1,4-5,9H,2-3,6-8H2,(H,18,19). The molecule has 4 nitrogen and oxygen atoms in total. The summed E-state index contributed by atoms with van der Waals surface area (Å²) in [5, 5.41) is 9.49. The zero-order valence-electron chi connectivity index (χ0n) is 10.8. The third-order valence-corrected chi connectivity index (χ3v) is 4.08. The van der Waals surface area contributed by atoms with Crippen LogP contribution < -0.4 is 0 Å². The number of likely N-dealkylation sites (tertiary alicyclic amines) is 1. The number of carbonyl (C=O) groups excluding carboxylic acids is 1. The molecule has 108 valence electrons. The predicted molar refractivity (Wildman–Crippen MR) is 77.3 cm³/mol. The van der Waals surface area contributed by atoms with E-state index in [9.17, 15) is 9.59 Å². The van der Waals surface area contributed by atoms with Gasteiger partial charge in [0.25, 0.3) is 5.91 Å². The molecule has 1 saturated heterocycles. The molecule has 1 unspecified atom stereocenters. The lowest BCUT2D eigenvalue weighted by Crippen LogP contribution is -2.40.